The lowest BCUT2D eigenvalue weighted by molar-refractivity contribution is -0.165. The first-order valence-electron chi connectivity index (χ1n) is 9.53. The van der Waals surface area contributed by atoms with Crippen molar-refractivity contribution < 1.29 is 9.47 Å². The van der Waals surface area contributed by atoms with Gasteiger partial charge in [0.05, 0.1) is 24.1 Å². The average molecular weight is 362 g/mol. The first-order chi connectivity index (χ1) is 13.2. The van der Waals surface area contributed by atoms with E-state index in [-0.39, 0.29) is 5.56 Å². The fraction of sp³-hybridized carbons (Fsp3) is 0.364. The molecule has 0 bridgehead atoms. The summed E-state index contributed by atoms with van der Waals surface area (Å²) in [6.07, 6.45) is 2.11. The molecule has 0 saturated carbocycles. The summed E-state index contributed by atoms with van der Waals surface area (Å²) in [5, 5.41) is 0.667. The zero-order valence-electron chi connectivity index (χ0n) is 15.4. The molecule has 1 saturated heterocycles. The second-order valence-corrected chi connectivity index (χ2v) is 7.39. The molecule has 1 fully saturated rings. The number of hydrogen-bond donors (Lipinski definition) is 0. The van der Waals surface area contributed by atoms with Gasteiger partial charge in [0.1, 0.15) is 5.82 Å². The topological polar surface area (TPSA) is 53.4 Å². The van der Waals surface area contributed by atoms with Crippen LogP contribution in [-0.4, -0.2) is 28.6 Å². The Hall–Kier alpha value is -2.50. The lowest BCUT2D eigenvalue weighted by Crippen LogP contribution is -2.31. The number of aryl methyl sites for hydroxylation is 2. The van der Waals surface area contributed by atoms with Gasteiger partial charge >= 0.3 is 0 Å². The van der Waals surface area contributed by atoms with Crippen LogP contribution >= 0.6 is 0 Å². The van der Waals surface area contributed by atoms with Crippen LogP contribution in [0.2, 0.25) is 0 Å². The van der Waals surface area contributed by atoms with E-state index in [0.717, 1.165) is 23.3 Å². The highest BCUT2D eigenvalue weighted by atomic mass is 16.7. The molecule has 0 amide bonds. The summed E-state index contributed by atoms with van der Waals surface area (Å²) in [5.74, 6) is 0.281. The third kappa shape index (κ3) is 2.78. The Balaban J connectivity index is 1.60. The highest BCUT2D eigenvalue weighted by Gasteiger charge is 2.38. The summed E-state index contributed by atoms with van der Waals surface area (Å²) < 4.78 is 13.5. The van der Waals surface area contributed by atoms with Crippen molar-refractivity contribution in [2.45, 2.75) is 38.5 Å². The predicted octanol–water partition coefficient (Wildman–Crippen LogP) is 3.45. The summed E-state index contributed by atoms with van der Waals surface area (Å²) in [7, 11) is 0. The molecule has 0 unspecified atom stereocenters. The molecule has 2 aliphatic heterocycles. The van der Waals surface area contributed by atoms with Crippen molar-refractivity contribution >= 4 is 10.9 Å². The molecule has 5 nitrogen and oxygen atoms in total. The summed E-state index contributed by atoms with van der Waals surface area (Å²) >= 11 is 0. The number of hydrogen-bond acceptors (Lipinski definition) is 4. The normalized spacial score (nSPS) is 18.6. The van der Waals surface area contributed by atoms with Crippen LogP contribution in [0.3, 0.4) is 0 Å². The van der Waals surface area contributed by atoms with Crippen LogP contribution in [0.1, 0.15) is 24.2 Å². The molecule has 0 radical (unpaired) electrons. The maximum atomic E-state index is 13.1. The Morgan fingerprint density at radius 2 is 1.89 bits per heavy atom. The Bertz CT molecular complexity index is 1080. The van der Waals surface area contributed by atoms with E-state index in [0.29, 0.717) is 38.0 Å². The van der Waals surface area contributed by atoms with E-state index in [1.54, 1.807) is 4.57 Å². The van der Waals surface area contributed by atoms with Crippen LogP contribution in [0.5, 0.6) is 0 Å². The minimum atomic E-state index is -0.543. The van der Waals surface area contributed by atoms with Crippen molar-refractivity contribution in [1.29, 1.82) is 0 Å². The van der Waals surface area contributed by atoms with Crippen LogP contribution in [-0.2, 0) is 22.4 Å². The highest BCUT2D eigenvalue weighted by molar-refractivity contribution is 5.84. The molecule has 27 heavy (non-hydrogen) atoms. The van der Waals surface area contributed by atoms with Crippen molar-refractivity contribution in [1.82, 2.24) is 9.55 Å². The molecular formula is C22H22N2O3. The third-order valence-corrected chi connectivity index (χ3v) is 5.75. The van der Waals surface area contributed by atoms with Gasteiger partial charge in [-0.1, -0.05) is 30.3 Å². The van der Waals surface area contributed by atoms with Gasteiger partial charge < -0.3 is 9.47 Å². The lowest BCUT2D eigenvalue weighted by atomic mass is 9.99. The second kappa shape index (κ2) is 6.29. The molecule has 3 aromatic rings. The maximum Gasteiger partial charge on any atom is 0.261 e. The first-order valence-corrected chi connectivity index (χ1v) is 9.53. The Kier molecular flexibility index (Phi) is 3.88. The average Bonchev–Trinajstić information content (AvgIpc) is 3.07. The predicted molar refractivity (Wildman–Crippen MR) is 104 cm³/mol. The smallest absolute Gasteiger partial charge is 0.261 e. The Morgan fingerprint density at radius 1 is 1.07 bits per heavy atom. The van der Waals surface area contributed by atoms with Crippen molar-refractivity contribution in [3.05, 3.63) is 64.2 Å². The van der Waals surface area contributed by atoms with Gasteiger partial charge in [-0.3, -0.25) is 9.36 Å². The number of fused-ring (bicyclic) bond motifs is 2. The van der Waals surface area contributed by atoms with Crippen molar-refractivity contribution in [2.24, 2.45) is 0 Å². The highest BCUT2D eigenvalue weighted by Crippen LogP contribution is 2.32. The molecule has 1 aromatic heterocycles. The monoisotopic (exact) mass is 362 g/mol. The SMILES string of the molecule is Cc1ccccc1-c1ccc2c(=O)n3c(nc2c1)CCC1(CC3)OCCO1. The van der Waals surface area contributed by atoms with Gasteiger partial charge in [-0.05, 0) is 35.7 Å². The quantitative estimate of drug-likeness (QED) is 0.665. The van der Waals surface area contributed by atoms with Gasteiger partial charge in [-0.15, -0.1) is 0 Å². The van der Waals surface area contributed by atoms with E-state index in [4.69, 9.17) is 14.5 Å². The number of ether oxygens (including phenoxy) is 2. The molecule has 2 aliphatic rings. The van der Waals surface area contributed by atoms with Gasteiger partial charge in [-0.25, -0.2) is 4.98 Å². The number of aromatic nitrogens is 2. The molecular weight excluding hydrogens is 340 g/mol. The molecule has 5 heteroatoms. The largest absolute Gasteiger partial charge is 0.347 e. The summed E-state index contributed by atoms with van der Waals surface area (Å²) in [6.45, 7) is 3.93. The fourth-order valence-corrected chi connectivity index (χ4v) is 4.25. The molecule has 0 atom stereocenters. The number of rotatable bonds is 1. The van der Waals surface area contributed by atoms with Crippen molar-refractivity contribution in [3.8, 4) is 11.1 Å². The van der Waals surface area contributed by atoms with Gasteiger partial charge in [0, 0.05) is 25.8 Å². The molecule has 5 rings (SSSR count). The second-order valence-electron chi connectivity index (χ2n) is 7.39. The van der Waals surface area contributed by atoms with Crippen LogP contribution in [0.4, 0.5) is 0 Å². The molecule has 3 heterocycles. The standard InChI is InChI=1S/C22H22N2O3/c1-15-4-2-3-5-17(15)16-6-7-18-19(14-16)23-20-8-9-22(26-12-13-27-22)10-11-24(20)21(18)25/h2-7,14H,8-13H2,1H3. The maximum absolute atomic E-state index is 13.1. The molecule has 138 valence electrons. The number of benzene rings is 2. The van der Waals surface area contributed by atoms with E-state index in [1.165, 1.54) is 11.1 Å². The van der Waals surface area contributed by atoms with Crippen molar-refractivity contribution in [3.63, 3.8) is 0 Å². The fourth-order valence-electron chi connectivity index (χ4n) is 4.25. The Labute approximate surface area is 157 Å². The van der Waals surface area contributed by atoms with Gasteiger partial charge in [-0.2, -0.15) is 0 Å². The van der Waals surface area contributed by atoms with E-state index < -0.39 is 5.79 Å². The summed E-state index contributed by atoms with van der Waals surface area (Å²) in [4.78, 5) is 17.9. The first kappa shape index (κ1) is 16.7. The summed E-state index contributed by atoms with van der Waals surface area (Å²) in [5.41, 5.74) is 4.26. The lowest BCUT2D eigenvalue weighted by Gasteiger charge is -2.24. The zero-order chi connectivity index (χ0) is 18.4. The number of nitrogens with zero attached hydrogens (tertiary/aromatic N) is 2. The van der Waals surface area contributed by atoms with Gasteiger partial charge in [0.15, 0.2) is 5.79 Å². The molecule has 1 spiro atoms. The van der Waals surface area contributed by atoms with Gasteiger partial charge in [0.2, 0.25) is 0 Å². The molecule has 0 aliphatic carbocycles. The van der Waals surface area contributed by atoms with Crippen molar-refractivity contribution in [2.75, 3.05) is 13.2 Å². The van der Waals surface area contributed by atoms with E-state index in [2.05, 4.69) is 19.1 Å². The Morgan fingerprint density at radius 3 is 2.70 bits per heavy atom. The van der Waals surface area contributed by atoms with Crippen LogP contribution in [0.25, 0.3) is 22.0 Å². The van der Waals surface area contributed by atoms with Crippen LogP contribution < -0.4 is 5.56 Å². The molecule has 2 aromatic carbocycles. The minimum Gasteiger partial charge on any atom is -0.347 e. The van der Waals surface area contributed by atoms with Crippen LogP contribution in [0.15, 0.2) is 47.3 Å². The molecule has 0 N–H and O–H groups in total. The van der Waals surface area contributed by atoms with E-state index >= 15 is 0 Å². The third-order valence-electron chi connectivity index (χ3n) is 5.75. The van der Waals surface area contributed by atoms with Crippen LogP contribution in [0, 0.1) is 6.92 Å². The van der Waals surface area contributed by atoms with Gasteiger partial charge in [0.25, 0.3) is 5.56 Å². The zero-order valence-corrected chi connectivity index (χ0v) is 15.4. The van der Waals surface area contributed by atoms with E-state index in [9.17, 15) is 4.79 Å². The van der Waals surface area contributed by atoms with E-state index in [1.807, 2.05) is 30.3 Å². The minimum absolute atomic E-state index is 0.0291. The summed E-state index contributed by atoms with van der Waals surface area (Å²) in [6, 6.07) is 14.2.